The van der Waals surface area contributed by atoms with Gasteiger partial charge in [0, 0.05) is 36.2 Å². The lowest BCUT2D eigenvalue weighted by Gasteiger charge is -2.50. The van der Waals surface area contributed by atoms with Gasteiger partial charge in [0.25, 0.3) is 5.91 Å². The van der Waals surface area contributed by atoms with Gasteiger partial charge in [0.2, 0.25) is 0 Å². The minimum atomic E-state index is -0.349. The molecule has 1 N–H and O–H groups in total. The van der Waals surface area contributed by atoms with Crippen LogP contribution in [0.4, 0.5) is 4.39 Å². The number of amides is 1. The number of carbonyl (C=O) groups excluding carboxylic acids is 1. The zero-order valence-corrected chi connectivity index (χ0v) is 13.4. The number of rotatable bonds is 3. The minimum Gasteiger partial charge on any atom is -0.484 e. The summed E-state index contributed by atoms with van der Waals surface area (Å²) in [6.07, 6.45) is 4.62. The number of ether oxygens (including phenoxy) is 1. The van der Waals surface area contributed by atoms with Gasteiger partial charge < -0.3 is 15.0 Å². The summed E-state index contributed by atoms with van der Waals surface area (Å²) < 4.78 is 18.7. The summed E-state index contributed by atoms with van der Waals surface area (Å²) in [6, 6.07) is 7.18. The predicted molar refractivity (Wildman–Crippen MR) is 84.7 cm³/mol. The van der Waals surface area contributed by atoms with Gasteiger partial charge in [-0.1, -0.05) is 13.0 Å². The van der Waals surface area contributed by atoms with Crippen LogP contribution in [0, 0.1) is 11.2 Å². The Morgan fingerprint density at radius 2 is 2.35 bits per heavy atom. The summed E-state index contributed by atoms with van der Waals surface area (Å²) in [5, 5.41) is 3.71. The lowest BCUT2D eigenvalue weighted by atomic mass is 9.66. The molecule has 0 spiro atoms. The Morgan fingerprint density at radius 1 is 1.48 bits per heavy atom. The number of fused-ring (bicyclic) bond motifs is 1. The average Bonchev–Trinajstić information content (AvgIpc) is 2.86. The first-order chi connectivity index (χ1) is 11.1. The van der Waals surface area contributed by atoms with E-state index < -0.39 is 0 Å². The molecule has 1 aliphatic carbocycles. The Bertz CT molecular complexity index is 623. The van der Waals surface area contributed by atoms with Crippen LogP contribution in [0.5, 0.6) is 5.75 Å². The molecule has 5 heteroatoms. The minimum absolute atomic E-state index is 0.0135. The van der Waals surface area contributed by atoms with E-state index in [-0.39, 0.29) is 23.7 Å². The highest BCUT2D eigenvalue weighted by Crippen LogP contribution is 2.49. The second kappa shape index (κ2) is 5.48. The van der Waals surface area contributed by atoms with Crippen LogP contribution in [0.2, 0.25) is 0 Å². The first-order valence-corrected chi connectivity index (χ1v) is 8.50. The molecule has 1 amide bonds. The number of likely N-dealkylation sites (tertiary alicyclic amines) is 1. The van der Waals surface area contributed by atoms with Crippen molar-refractivity contribution in [2.75, 3.05) is 13.2 Å². The van der Waals surface area contributed by atoms with Crippen LogP contribution in [-0.2, 0) is 4.79 Å². The van der Waals surface area contributed by atoms with E-state index in [2.05, 4.69) is 12.2 Å². The van der Waals surface area contributed by atoms with E-state index in [4.69, 9.17) is 4.74 Å². The standard InChI is InChI=1S/C18H23FN2O2/c1-18-9-13-10-21(16(18)7-3-6-15(18)20-13)17(22)11-23-14-5-2-4-12(19)8-14/h2,4-5,8,13,15-16,20H,3,6-7,9-11H2,1H3/t13-,15-,16+,18-/m0/s1. The van der Waals surface area contributed by atoms with Crippen LogP contribution in [0.15, 0.2) is 24.3 Å². The molecule has 4 nitrogen and oxygen atoms in total. The summed E-state index contributed by atoms with van der Waals surface area (Å²) in [7, 11) is 0. The molecular weight excluding hydrogens is 295 g/mol. The molecule has 1 aromatic rings. The highest BCUT2D eigenvalue weighted by atomic mass is 19.1. The maximum Gasteiger partial charge on any atom is 0.260 e. The molecule has 1 aromatic carbocycles. The number of hydrogen-bond donors (Lipinski definition) is 1. The van der Waals surface area contributed by atoms with Gasteiger partial charge in [-0.2, -0.15) is 0 Å². The SMILES string of the molecule is C[C@@]12C[C@H]3CN(C(=O)COc4cccc(F)c4)[C@@H]1CCC[C@@H]2N3. The topological polar surface area (TPSA) is 41.6 Å². The molecule has 2 heterocycles. The molecule has 4 rings (SSSR count). The number of carbonyl (C=O) groups is 1. The third-order valence-corrected chi connectivity index (χ3v) is 5.92. The second-order valence-corrected chi connectivity index (χ2v) is 7.36. The van der Waals surface area contributed by atoms with E-state index in [0.29, 0.717) is 23.9 Å². The van der Waals surface area contributed by atoms with Crippen molar-refractivity contribution in [2.24, 2.45) is 5.41 Å². The second-order valence-electron chi connectivity index (χ2n) is 7.36. The van der Waals surface area contributed by atoms with Gasteiger partial charge in [-0.05, 0) is 37.8 Å². The fraction of sp³-hybridized carbons (Fsp3) is 0.611. The molecule has 124 valence electrons. The van der Waals surface area contributed by atoms with Gasteiger partial charge in [0.1, 0.15) is 11.6 Å². The average molecular weight is 318 g/mol. The molecular formula is C18H23FN2O2. The normalized spacial score (nSPS) is 35.2. The van der Waals surface area contributed by atoms with Gasteiger partial charge >= 0.3 is 0 Å². The van der Waals surface area contributed by atoms with Crippen LogP contribution in [0.1, 0.15) is 32.6 Å². The summed E-state index contributed by atoms with van der Waals surface area (Å²) in [6.45, 7) is 3.07. The number of hydrogen-bond acceptors (Lipinski definition) is 3. The van der Waals surface area contributed by atoms with Crippen molar-refractivity contribution < 1.29 is 13.9 Å². The summed E-state index contributed by atoms with van der Waals surface area (Å²) >= 11 is 0. The van der Waals surface area contributed by atoms with Gasteiger partial charge in [-0.25, -0.2) is 4.39 Å². The maximum absolute atomic E-state index is 13.2. The van der Waals surface area contributed by atoms with Crippen molar-refractivity contribution in [3.05, 3.63) is 30.1 Å². The Kier molecular flexibility index (Phi) is 3.56. The molecule has 1 saturated carbocycles. The van der Waals surface area contributed by atoms with Crippen molar-refractivity contribution in [3.63, 3.8) is 0 Å². The molecule has 2 aliphatic heterocycles. The molecule has 2 bridgehead atoms. The van der Waals surface area contributed by atoms with Gasteiger partial charge in [-0.3, -0.25) is 4.79 Å². The highest BCUT2D eigenvalue weighted by Gasteiger charge is 2.56. The Labute approximate surface area is 136 Å². The third kappa shape index (κ3) is 2.51. The number of benzene rings is 1. The van der Waals surface area contributed by atoms with Crippen LogP contribution >= 0.6 is 0 Å². The Morgan fingerprint density at radius 3 is 3.17 bits per heavy atom. The number of nitrogens with one attached hydrogen (secondary N) is 1. The van der Waals surface area contributed by atoms with Gasteiger partial charge in [0.05, 0.1) is 0 Å². The van der Waals surface area contributed by atoms with E-state index in [9.17, 15) is 9.18 Å². The van der Waals surface area contributed by atoms with Crippen molar-refractivity contribution in [1.82, 2.24) is 10.2 Å². The fourth-order valence-corrected chi connectivity index (χ4v) is 4.89. The molecule has 4 atom stereocenters. The summed E-state index contributed by atoms with van der Waals surface area (Å²) in [4.78, 5) is 14.7. The van der Waals surface area contributed by atoms with Crippen LogP contribution in [-0.4, -0.2) is 42.1 Å². The van der Waals surface area contributed by atoms with E-state index in [1.54, 1.807) is 12.1 Å². The van der Waals surface area contributed by atoms with Gasteiger partial charge in [0.15, 0.2) is 6.61 Å². The van der Waals surface area contributed by atoms with E-state index in [1.165, 1.54) is 25.0 Å². The number of nitrogens with zero attached hydrogens (tertiary/aromatic N) is 1. The Hall–Kier alpha value is -1.62. The summed E-state index contributed by atoms with van der Waals surface area (Å²) in [5.41, 5.74) is 0.190. The van der Waals surface area contributed by atoms with Crippen LogP contribution in [0.3, 0.4) is 0 Å². The van der Waals surface area contributed by atoms with Crippen LogP contribution in [0.25, 0.3) is 0 Å². The quantitative estimate of drug-likeness (QED) is 0.930. The number of halogens is 1. The van der Waals surface area contributed by atoms with Gasteiger partial charge in [-0.15, -0.1) is 0 Å². The number of piperidine rings is 1. The fourth-order valence-electron chi connectivity index (χ4n) is 4.89. The lowest BCUT2D eigenvalue weighted by molar-refractivity contribution is -0.142. The largest absolute Gasteiger partial charge is 0.484 e. The van der Waals surface area contributed by atoms with Crippen molar-refractivity contribution in [1.29, 1.82) is 0 Å². The Balaban J connectivity index is 1.46. The molecule has 3 aliphatic rings. The molecule has 0 aromatic heterocycles. The molecule has 3 fully saturated rings. The zero-order valence-electron chi connectivity index (χ0n) is 13.4. The third-order valence-electron chi connectivity index (χ3n) is 5.92. The van der Waals surface area contributed by atoms with E-state index in [0.717, 1.165) is 19.4 Å². The van der Waals surface area contributed by atoms with Crippen molar-refractivity contribution >= 4 is 5.91 Å². The summed E-state index contributed by atoms with van der Waals surface area (Å²) in [5.74, 6) is 0.0709. The molecule has 2 saturated heterocycles. The molecule has 0 unspecified atom stereocenters. The molecule has 0 radical (unpaired) electrons. The van der Waals surface area contributed by atoms with E-state index in [1.807, 2.05) is 4.90 Å². The first kappa shape index (κ1) is 14.9. The van der Waals surface area contributed by atoms with Crippen LogP contribution < -0.4 is 10.1 Å². The monoisotopic (exact) mass is 318 g/mol. The first-order valence-electron chi connectivity index (χ1n) is 8.50. The smallest absolute Gasteiger partial charge is 0.260 e. The lowest BCUT2D eigenvalue weighted by Crippen LogP contribution is -2.58. The highest BCUT2D eigenvalue weighted by molar-refractivity contribution is 5.78. The van der Waals surface area contributed by atoms with Crippen molar-refractivity contribution in [3.8, 4) is 5.75 Å². The predicted octanol–water partition coefficient (Wildman–Crippen LogP) is 2.34. The van der Waals surface area contributed by atoms with Crippen molar-refractivity contribution in [2.45, 2.75) is 50.7 Å². The maximum atomic E-state index is 13.2. The van der Waals surface area contributed by atoms with E-state index >= 15 is 0 Å². The molecule has 23 heavy (non-hydrogen) atoms. The zero-order chi connectivity index (χ0) is 16.0.